The third kappa shape index (κ3) is 4.79. The number of anilines is 1. The summed E-state index contributed by atoms with van der Waals surface area (Å²) < 4.78 is 18.2. The van der Waals surface area contributed by atoms with E-state index >= 15 is 0 Å². The predicted molar refractivity (Wildman–Crippen MR) is 96.6 cm³/mol. The standard InChI is InChI=1S/C19H14FN3O5/c20-12-3-5-13(6-4-12)21-16(24)10-28-14-7-1-11(2-8-14)9-15-17(25)22-19(27)23-18(15)26/h1-9H,10H2,(H,21,24)(H2,22,23,25,26,27). The topological polar surface area (TPSA) is 114 Å². The van der Waals surface area contributed by atoms with E-state index in [1.54, 1.807) is 24.3 Å². The molecule has 142 valence electrons. The molecule has 0 atom stereocenters. The van der Waals surface area contributed by atoms with Crippen LogP contribution >= 0.6 is 0 Å². The van der Waals surface area contributed by atoms with Crippen LogP contribution in [0.25, 0.3) is 6.08 Å². The average Bonchev–Trinajstić information content (AvgIpc) is 2.66. The normalized spacial score (nSPS) is 13.5. The van der Waals surface area contributed by atoms with Gasteiger partial charge in [-0.15, -0.1) is 0 Å². The van der Waals surface area contributed by atoms with Gasteiger partial charge in [-0.1, -0.05) is 12.1 Å². The van der Waals surface area contributed by atoms with Crippen molar-refractivity contribution in [3.8, 4) is 5.75 Å². The first-order valence-corrected chi connectivity index (χ1v) is 8.07. The highest BCUT2D eigenvalue weighted by Crippen LogP contribution is 2.16. The van der Waals surface area contributed by atoms with Crippen molar-refractivity contribution >= 4 is 35.5 Å². The molecule has 2 aromatic rings. The second-order valence-electron chi connectivity index (χ2n) is 5.71. The Morgan fingerprint density at radius 1 is 0.964 bits per heavy atom. The van der Waals surface area contributed by atoms with Crippen LogP contribution in [0, 0.1) is 5.82 Å². The second kappa shape index (κ2) is 8.12. The number of imide groups is 2. The van der Waals surface area contributed by atoms with Gasteiger partial charge in [0, 0.05) is 5.69 Å². The van der Waals surface area contributed by atoms with Crippen molar-refractivity contribution in [3.05, 3.63) is 65.5 Å². The molecule has 2 aromatic carbocycles. The van der Waals surface area contributed by atoms with E-state index in [4.69, 9.17) is 4.74 Å². The molecule has 1 fully saturated rings. The molecule has 5 amide bonds. The molecule has 9 heteroatoms. The van der Waals surface area contributed by atoms with Crippen LogP contribution in [0.2, 0.25) is 0 Å². The van der Waals surface area contributed by atoms with Crippen molar-refractivity contribution in [2.45, 2.75) is 0 Å². The maximum Gasteiger partial charge on any atom is 0.328 e. The van der Waals surface area contributed by atoms with E-state index in [9.17, 15) is 23.6 Å². The Morgan fingerprint density at radius 2 is 1.57 bits per heavy atom. The molecule has 1 saturated heterocycles. The summed E-state index contributed by atoms with van der Waals surface area (Å²) >= 11 is 0. The second-order valence-corrected chi connectivity index (χ2v) is 5.71. The molecule has 0 spiro atoms. The first-order valence-electron chi connectivity index (χ1n) is 8.07. The Hall–Kier alpha value is -4.01. The molecule has 28 heavy (non-hydrogen) atoms. The fourth-order valence-electron chi connectivity index (χ4n) is 2.31. The number of barbiturate groups is 1. The zero-order valence-electron chi connectivity index (χ0n) is 14.3. The van der Waals surface area contributed by atoms with Gasteiger partial charge in [0.05, 0.1) is 0 Å². The number of benzene rings is 2. The Bertz CT molecular complexity index is 946. The third-order valence-electron chi connectivity index (χ3n) is 3.63. The summed E-state index contributed by atoms with van der Waals surface area (Å²) in [6.07, 6.45) is 1.32. The molecule has 1 aliphatic heterocycles. The summed E-state index contributed by atoms with van der Waals surface area (Å²) in [4.78, 5) is 46.2. The Labute approximate surface area is 158 Å². The highest BCUT2D eigenvalue weighted by atomic mass is 19.1. The van der Waals surface area contributed by atoms with Crippen LogP contribution in [-0.2, 0) is 14.4 Å². The number of nitrogens with one attached hydrogen (secondary N) is 3. The van der Waals surface area contributed by atoms with Crippen molar-refractivity contribution in [1.29, 1.82) is 0 Å². The van der Waals surface area contributed by atoms with Crippen LogP contribution in [-0.4, -0.2) is 30.4 Å². The van der Waals surface area contributed by atoms with E-state index in [-0.39, 0.29) is 12.2 Å². The van der Waals surface area contributed by atoms with Gasteiger partial charge in [-0.05, 0) is 48.0 Å². The molecule has 3 rings (SSSR count). The zero-order valence-corrected chi connectivity index (χ0v) is 14.3. The van der Waals surface area contributed by atoms with Crippen LogP contribution in [0.5, 0.6) is 5.75 Å². The summed E-state index contributed by atoms with van der Waals surface area (Å²) in [6.45, 7) is -0.259. The third-order valence-corrected chi connectivity index (χ3v) is 3.63. The SMILES string of the molecule is O=C(COc1ccc(C=C2C(=O)NC(=O)NC2=O)cc1)Nc1ccc(F)cc1. The minimum atomic E-state index is -0.866. The van der Waals surface area contributed by atoms with Gasteiger partial charge >= 0.3 is 6.03 Å². The number of hydrogen-bond acceptors (Lipinski definition) is 5. The summed E-state index contributed by atoms with van der Waals surface area (Å²) in [6, 6.07) is 10.7. The number of ether oxygens (including phenoxy) is 1. The van der Waals surface area contributed by atoms with E-state index < -0.39 is 29.6 Å². The Morgan fingerprint density at radius 3 is 2.18 bits per heavy atom. The van der Waals surface area contributed by atoms with E-state index in [1.807, 2.05) is 10.6 Å². The summed E-state index contributed by atoms with van der Waals surface area (Å²) in [5, 5.41) is 6.52. The molecular weight excluding hydrogens is 369 g/mol. The van der Waals surface area contributed by atoms with Crippen LogP contribution in [0.1, 0.15) is 5.56 Å². The monoisotopic (exact) mass is 383 g/mol. The van der Waals surface area contributed by atoms with Crippen molar-refractivity contribution in [2.24, 2.45) is 0 Å². The fraction of sp³-hybridized carbons (Fsp3) is 0.0526. The Kier molecular flexibility index (Phi) is 5.45. The molecule has 0 radical (unpaired) electrons. The van der Waals surface area contributed by atoms with Gasteiger partial charge in [0.15, 0.2) is 6.61 Å². The number of rotatable bonds is 5. The fourth-order valence-corrected chi connectivity index (χ4v) is 2.31. The van der Waals surface area contributed by atoms with Crippen molar-refractivity contribution in [1.82, 2.24) is 10.6 Å². The summed E-state index contributed by atoms with van der Waals surface area (Å²) in [5.74, 6) is -2.00. The molecule has 1 aliphatic rings. The molecule has 0 saturated carbocycles. The Balaban J connectivity index is 1.57. The minimum Gasteiger partial charge on any atom is -0.484 e. The lowest BCUT2D eigenvalue weighted by Gasteiger charge is -2.13. The first kappa shape index (κ1) is 18.8. The van der Waals surface area contributed by atoms with Crippen molar-refractivity contribution in [3.63, 3.8) is 0 Å². The lowest BCUT2D eigenvalue weighted by molar-refractivity contribution is -0.124. The van der Waals surface area contributed by atoms with Gasteiger partial charge in [0.2, 0.25) is 0 Å². The van der Waals surface area contributed by atoms with Crippen LogP contribution in [0.3, 0.4) is 0 Å². The number of halogens is 1. The van der Waals surface area contributed by atoms with Gasteiger partial charge in [0.25, 0.3) is 17.7 Å². The lowest BCUT2D eigenvalue weighted by Crippen LogP contribution is -2.51. The number of carbonyl (C=O) groups excluding carboxylic acids is 4. The molecule has 0 aliphatic carbocycles. The molecule has 3 N–H and O–H groups in total. The number of urea groups is 1. The van der Waals surface area contributed by atoms with Gasteiger partial charge in [-0.2, -0.15) is 0 Å². The van der Waals surface area contributed by atoms with E-state index in [0.29, 0.717) is 17.0 Å². The first-order chi connectivity index (χ1) is 13.4. The highest BCUT2D eigenvalue weighted by molar-refractivity contribution is 6.31. The highest BCUT2D eigenvalue weighted by Gasteiger charge is 2.27. The van der Waals surface area contributed by atoms with E-state index in [1.165, 1.54) is 30.3 Å². The quantitative estimate of drug-likeness (QED) is 0.536. The van der Waals surface area contributed by atoms with Crippen molar-refractivity contribution in [2.75, 3.05) is 11.9 Å². The van der Waals surface area contributed by atoms with Crippen molar-refractivity contribution < 1.29 is 28.3 Å². The predicted octanol–water partition coefficient (Wildman–Crippen LogP) is 1.59. The van der Waals surface area contributed by atoms with E-state index in [2.05, 4.69) is 5.32 Å². The molecule has 0 unspecified atom stereocenters. The molecule has 8 nitrogen and oxygen atoms in total. The molecule has 0 aromatic heterocycles. The number of hydrogen-bond donors (Lipinski definition) is 3. The maximum absolute atomic E-state index is 12.8. The molecule has 1 heterocycles. The number of amides is 5. The minimum absolute atomic E-state index is 0.202. The van der Waals surface area contributed by atoms with Gasteiger partial charge < -0.3 is 10.1 Å². The van der Waals surface area contributed by atoms with E-state index in [0.717, 1.165) is 0 Å². The number of carbonyl (C=O) groups is 4. The van der Waals surface area contributed by atoms with Crippen LogP contribution in [0.15, 0.2) is 54.1 Å². The van der Waals surface area contributed by atoms with Gasteiger partial charge in [-0.3, -0.25) is 25.0 Å². The van der Waals surface area contributed by atoms with Crippen LogP contribution in [0.4, 0.5) is 14.9 Å². The molecule has 0 bridgehead atoms. The lowest BCUT2D eigenvalue weighted by atomic mass is 10.1. The van der Waals surface area contributed by atoms with Crippen LogP contribution < -0.4 is 20.7 Å². The smallest absolute Gasteiger partial charge is 0.328 e. The summed E-state index contributed by atoms with van der Waals surface area (Å²) in [5.41, 5.74) is 0.768. The van der Waals surface area contributed by atoms with Gasteiger partial charge in [-0.25, -0.2) is 9.18 Å². The molecular formula is C19H14FN3O5. The zero-order chi connectivity index (χ0) is 20.1. The van der Waals surface area contributed by atoms with Gasteiger partial charge in [0.1, 0.15) is 17.1 Å². The largest absolute Gasteiger partial charge is 0.484 e. The summed E-state index contributed by atoms with van der Waals surface area (Å²) in [7, 11) is 0. The average molecular weight is 383 g/mol. The maximum atomic E-state index is 12.8.